The fraction of sp³-hybridized carbons (Fsp3) is 0.316. The number of hydrogen-bond acceptors (Lipinski definition) is 3. The zero-order chi connectivity index (χ0) is 15.8. The van der Waals surface area contributed by atoms with Crippen LogP contribution in [0.5, 0.6) is 0 Å². The van der Waals surface area contributed by atoms with Crippen LogP contribution in [0.2, 0.25) is 0 Å². The normalized spacial score (nSPS) is 17.1. The van der Waals surface area contributed by atoms with Gasteiger partial charge in [-0.2, -0.15) is 0 Å². The molecule has 1 fully saturated rings. The molecule has 1 aromatic heterocycles. The number of aromatic nitrogens is 1. The van der Waals surface area contributed by atoms with Crippen LogP contribution >= 0.6 is 12.4 Å². The first-order chi connectivity index (χ1) is 11.3. The lowest BCUT2D eigenvalue weighted by atomic mass is 10.1. The lowest BCUT2D eigenvalue weighted by Crippen LogP contribution is -2.26. The van der Waals surface area contributed by atoms with Gasteiger partial charge >= 0.3 is 5.97 Å². The minimum Gasteiger partial charge on any atom is -0.465 e. The highest BCUT2D eigenvalue weighted by atomic mass is 35.5. The van der Waals surface area contributed by atoms with Crippen LogP contribution in [-0.4, -0.2) is 30.2 Å². The number of carbonyl (C=O) groups is 1. The second-order valence-electron chi connectivity index (χ2n) is 6.14. The summed E-state index contributed by atoms with van der Waals surface area (Å²) in [5.41, 5.74) is 2.92. The summed E-state index contributed by atoms with van der Waals surface area (Å²) in [7, 11) is 1.42. The molecule has 0 saturated carbocycles. The van der Waals surface area contributed by atoms with E-state index in [9.17, 15) is 4.79 Å². The molecule has 3 aromatic rings. The van der Waals surface area contributed by atoms with Crippen molar-refractivity contribution in [1.82, 2.24) is 9.88 Å². The molecule has 0 radical (unpaired) electrons. The number of para-hydroxylation sites is 1. The summed E-state index contributed by atoms with van der Waals surface area (Å²) in [5.74, 6) is -0.289. The molecule has 0 amide bonds. The highest BCUT2D eigenvalue weighted by Crippen LogP contribution is 2.30. The number of ether oxygens (including phenoxy) is 1. The molecule has 0 bridgehead atoms. The number of carbonyl (C=O) groups excluding carboxylic acids is 1. The minimum absolute atomic E-state index is 0. The predicted molar refractivity (Wildman–Crippen MR) is 99.1 cm³/mol. The van der Waals surface area contributed by atoms with E-state index in [0.29, 0.717) is 11.6 Å². The molecule has 1 aliphatic rings. The molecule has 0 unspecified atom stereocenters. The first kappa shape index (κ1) is 16.8. The van der Waals surface area contributed by atoms with E-state index in [1.165, 1.54) is 36.2 Å². The molecule has 4 rings (SSSR count). The Bertz CT molecular complexity index is 882. The Morgan fingerprint density at radius 1 is 1.21 bits per heavy atom. The third kappa shape index (κ3) is 2.76. The molecule has 2 aromatic carbocycles. The zero-order valence-corrected chi connectivity index (χ0v) is 14.4. The molecular formula is C19H21ClN2O2. The van der Waals surface area contributed by atoms with Crippen LogP contribution in [0.3, 0.4) is 0 Å². The molecular weight excluding hydrogens is 324 g/mol. The van der Waals surface area contributed by atoms with Gasteiger partial charge in [0.15, 0.2) is 0 Å². The van der Waals surface area contributed by atoms with Crippen LogP contribution < -0.4 is 5.32 Å². The first-order valence-electron chi connectivity index (χ1n) is 8.10. The summed E-state index contributed by atoms with van der Waals surface area (Å²) < 4.78 is 7.21. The average molecular weight is 345 g/mol. The number of fused-ring (bicyclic) bond motifs is 3. The quantitative estimate of drug-likeness (QED) is 0.736. The number of esters is 1. The minimum atomic E-state index is -0.289. The summed E-state index contributed by atoms with van der Waals surface area (Å²) in [6.07, 6.45) is 2.43. The molecule has 1 N–H and O–H groups in total. The van der Waals surface area contributed by atoms with E-state index in [1.54, 1.807) is 0 Å². The fourth-order valence-corrected chi connectivity index (χ4v) is 3.62. The van der Waals surface area contributed by atoms with Gasteiger partial charge in [-0.3, -0.25) is 0 Å². The third-order valence-electron chi connectivity index (χ3n) is 4.76. The monoisotopic (exact) mass is 344 g/mol. The number of methoxy groups -OCH3 is 1. The molecule has 0 spiro atoms. The van der Waals surface area contributed by atoms with Crippen LogP contribution in [0.15, 0.2) is 42.5 Å². The summed E-state index contributed by atoms with van der Waals surface area (Å²) in [5, 5.41) is 5.98. The van der Waals surface area contributed by atoms with Gasteiger partial charge in [0.1, 0.15) is 0 Å². The summed E-state index contributed by atoms with van der Waals surface area (Å²) in [6.45, 7) is 2.02. The van der Waals surface area contributed by atoms with Gasteiger partial charge in [-0.25, -0.2) is 4.79 Å². The lowest BCUT2D eigenvalue weighted by molar-refractivity contribution is 0.0601. The van der Waals surface area contributed by atoms with Gasteiger partial charge in [0.2, 0.25) is 0 Å². The summed E-state index contributed by atoms with van der Waals surface area (Å²) in [4.78, 5) is 11.9. The Balaban J connectivity index is 0.00000169. The number of rotatable bonds is 3. The van der Waals surface area contributed by atoms with E-state index < -0.39 is 0 Å². The van der Waals surface area contributed by atoms with Crippen LogP contribution in [-0.2, 0) is 11.3 Å². The SMILES string of the molecule is COC(=O)c1ccc2c3ccccc3n(C[C@@H]3CCCN3)c2c1.Cl. The molecule has 126 valence electrons. The second kappa shape index (κ2) is 6.83. The van der Waals surface area contributed by atoms with Gasteiger partial charge in [-0.15, -0.1) is 12.4 Å². The van der Waals surface area contributed by atoms with Crippen molar-refractivity contribution in [3.8, 4) is 0 Å². The maximum atomic E-state index is 11.9. The topological polar surface area (TPSA) is 43.3 Å². The van der Waals surface area contributed by atoms with Crippen molar-refractivity contribution in [2.24, 2.45) is 0 Å². The van der Waals surface area contributed by atoms with Crippen molar-refractivity contribution in [3.63, 3.8) is 0 Å². The summed E-state index contributed by atoms with van der Waals surface area (Å²) >= 11 is 0. The maximum Gasteiger partial charge on any atom is 0.337 e. The van der Waals surface area contributed by atoms with Crippen LogP contribution in [0.25, 0.3) is 21.8 Å². The molecule has 0 aliphatic carbocycles. The van der Waals surface area contributed by atoms with E-state index in [-0.39, 0.29) is 18.4 Å². The average Bonchev–Trinajstić information content (AvgIpc) is 3.21. The van der Waals surface area contributed by atoms with E-state index in [4.69, 9.17) is 4.74 Å². The lowest BCUT2D eigenvalue weighted by Gasteiger charge is -2.14. The molecule has 1 aliphatic heterocycles. The van der Waals surface area contributed by atoms with Gasteiger partial charge in [-0.05, 0) is 37.6 Å². The first-order valence-corrected chi connectivity index (χ1v) is 8.10. The molecule has 24 heavy (non-hydrogen) atoms. The number of nitrogens with one attached hydrogen (secondary N) is 1. The van der Waals surface area contributed by atoms with Gasteiger partial charge in [0, 0.05) is 28.9 Å². The maximum absolute atomic E-state index is 11.9. The smallest absolute Gasteiger partial charge is 0.337 e. The largest absolute Gasteiger partial charge is 0.465 e. The van der Waals surface area contributed by atoms with Crippen molar-refractivity contribution < 1.29 is 9.53 Å². The number of halogens is 1. The van der Waals surface area contributed by atoms with Gasteiger partial charge < -0.3 is 14.6 Å². The van der Waals surface area contributed by atoms with Crippen molar-refractivity contribution in [1.29, 1.82) is 0 Å². The van der Waals surface area contributed by atoms with Crippen LogP contribution in [0.4, 0.5) is 0 Å². The molecule has 1 atom stereocenters. The highest BCUT2D eigenvalue weighted by Gasteiger charge is 2.19. The predicted octanol–water partition coefficient (Wildman–Crippen LogP) is 3.75. The van der Waals surface area contributed by atoms with E-state index in [1.807, 2.05) is 18.2 Å². The molecule has 1 saturated heterocycles. The Kier molecular flexibility index (Phi) is 4.78. The third-order valence-corrected chi connectivity index (χ3v) is 4.76. The van der Waals surface area contributed by atoms with Gasteiger partial charge in [0.05, 0.1) is 18.2 Å². The number of hydrogen-bond donors (Lipinski definition) is 1. The summed E-state index contributed by atoms with van der Waals surface area (Å²) in [6, 6.07) is 14.8. The fourth-order valence-electron chi connectivity index (χ4n) is 3.62. The van der Waals surface area contributed by atoms with Gasteiger partial charge in [0.25, 0.3) is 0 Å². The standard InChI is InChI=1S/C19H20N2O2.ClH/c1-23-19(22)13-8-9-16-15-6-2-3-7-17(15)21(18(16)11-13)12-14-5-4-10-20-14;/h2-3,6-9,11,14,20H,4-5,10,12H2,1H3;1H/t14-;/m0./s1. The van der Waals surface area contributed by atoms with Crippen molar-refractivity contribution in [2.45, 2.75) is 25.4 Å². The van der Waals surface area contributed by atoms with E-state index in [0.717, 1.165) is 18.6 Å². The Morgan fingerprint density at radius 3 is 2.75 bits per heavy atom. The number of benzene rings is 2. The van der Waals surface area contributed by atoms with Crippen LogP contribution in [0, 0.1) is 0 Å². The van der Waals surface area contributed by atoms with Crippen molar-refractivity contribution in [3.05, 3.63) is 48.0 Å². The van der Waals surface area contributed by atoms with Crippen LogP contribution in [0.1, 0.15) is 23.2 Å². The second-order valence-corrected chi connectivity index (χ2v) is 6.14. The van der Waals surface area contributed by atoms with Crippen molar-refractivity contribution >= 4 is 40.2 Å². The Labute approximate surface area is 147 Å². The van der Waals surface area contributed by atoms with Gasteiger partial charge in [-0.1, -0.05) is 24.3 Å². The Morgan fingerprint density at radius 2 is 2.00 bits per heavy atom. The molecule has 5 heteroatoms. The molecule has 2 heterocycles. The highest BCUT2D eigenvalue weighted by molar-refractivity contribution is 6.09. The van der Waals surface area contributed by atoms with E-state index in [2.05, 4.69) is 34.1 Å². The molecule has 4 nitrogen and oxygen atoms in total. The van der Waals surface area contributed by atoms with Crippen molar-refractivity contribution in [2.75, 3.05) is 13.7 Å². The Hall–Kier alpha value is -2.04. The van der Waals surface area contributed by atoms with E-state index >= 15 is 0 Å². The number of nitrogens with zero attached hydrogens (tertiary/aromatic N) is 1. The zero-order valence-electron chi connectivity index (χ0n) is 13.6.